The molecule has 0 unspecified atom stereocenters. The topological polar surface area (TPSA) is 80.3 Å². The Labute approximate surface area is 138 Å². The zero-order valence-electron chi connectivity index (χ0n) is 13.0. The van der Waals surface area contributed by atoms with Crippen molar-refractivity contribution >= 4 is 28.8 Å². The first-order valence-corrected chi connectivity index (χ1v) is 8.16. The molecule has 1 atom stereocenters. The number of rotatable bonds is 7. The normalized spacial score (nSPS) is 11.6. The van der Waals surface area contributed by atoms with Gasteiger partial charge in [0.25, 0.3) is 0 Å². The largest absolute Gasteiger partial charge is 0.476 e. The number of nitrogens with zero attached hydrogens (tertiary/aromatic N) is 1. The third-order valence-electron chi connectivity index (χ3n) is 2.98. The van der Waals surface area contributed by atoms with Gasteiger partial charge in [-0.25, -0.2) is 4.98 Å². The molecule has 0 bridgehead atoms. The molecule has 6 nitrogen and oxygen atoms in total. The van der Waals surface area contributed by atoms with Gasteiger partial charge in [-0.2, -0.15) is 0 Å². The van der Waals surface area contributed by atoms with Gasteiger partial charge in [0.1, 0.15) is 5.69 Å². The summed E-state index contributed by atoms with van der Waals surface area (Å²) >= 11 is 1.50. The molecule has 122 valence electrons. The molecule has 0 fully saturated rings. The number of carbonyl (C=O) groups is 2. The van der Waals surface area contributed by atoms with E-state index in [1.54, 1.807) is 18.3 Å². The van der Waals surface area contributed by atoms with E-state index in [9.17, 15) is 9.59 Å². The van der Waals surface area contributed by atoms with E-state index < -0.39 is 0 Å². The van der Waals surface area contributed by atoms with Crippen LogP contribution in [0.4, 0.5) is 5.69 Å². The van der Waals surface area contributed by atoms with Crippen LogP contribution in [0, 0.1) is 0 Å². The van der Waals surface area contributed by atoms with Gasteiger partial charge in [-0.1, -0.05) is 6.07 Å². The standard InChI is InChI=1S/C16H19N3O3S/c1-3-22-16-12(6-4-8-17-16)19-15(21)10-13(18-11(2)20)14-7-5-9-23-14/h4-9,13H,3,10H2,1-2H3,(H,18,20)(H,19,21)/t13-/m1/s1. The lowest BCUT2D eigenvalue weighted by Gasteiger charge is -2.17. The van der Waals surface area contributed by atoms with Crippen LogP contribution in [0.1, 0.15) is 31.2 Å². The fourth-order valence-electron chi connectivity index (χ4n) is 2.08. The highest BCUT2D eigenvalue weighted by molar-refractivity contribution is 7.10. The van der Waals surface area contributed by atoms with Crippen LogP contribution in [0.3, 0.4) is 0 Å². The number of pyridine rings is 1. The molecule has 0 saturated carbocycles. The van der Waals surface area contributed by atoms with Crippen molar-refractivity contribution in [2.45, 2.75) is 26.3 Å². The van der Waals surface area contributed by atoms with Gasteiger partial charge in [-0.05, 0) is 30.5 Å². The second-order valence-electron chi connectivity index (χ2n) is 4.81. The van der Waals surface area contributed by atoms with Crippen molar-refractivity contribution in [3.05, 3.63) is 40.7 Å². The van der Waals surface area contributed by atoms with Crippen LogP contribution < -0.4 is 15.4 Å². The van der Waals surface area contributed by atoms with Gasteiger partial charge in [0, 0.05) is 18.0 Å². The number of anilines is 1. The van der Waals surface area contributed by atoms with Crippen molar-refractivity contribution in [2.75, 3.05) is 11.9 Å². The van der Waals surface area contributed by atoms with E-state index in [0.717, 1.165) is 4.88 Å². The Morgan fingerprint density at radius 1 is 1.35 bits per heavy atom. The van der Waals surface area contributed by atoms with Crippen molar-refractivity contribution in [1.29, 1.82) is 0 Å². The van der Waals surface area contributed by atoms with E-state index in [1.807, 2.05) is 24.4 Å². The Morgan fingerprint density at radius 3 is 2.83 bits per heavy atom. The van der Waals surface area contributed by atoms with Gasteiger partial charge in [0.05, 0.1) is 19.1 Å². The van der Waals surface area contributed by atoms with E-state index in [-0.39, 0.29) is 24.3 Å². The quantitative estimate of drug-likeness (QED) is 0.816. The first-order valence-electron chi connectivity index (χ1n) is 7.28. The molecule has 0 spiro atoms. The maximum atomic E-state index is 12.3. The molecule has 2 amide bonds. The molecule has 2 heterocycles. The molecule has 0 aliphatic carbocycles. The highest BCUT2D eigenvalue weighted by Crippen LogP contribution is 2.24. The van der Waals surface area contributed by atoms with Gasteiger partial charge in [0.15, 0.2) is 0 Å². The van der Waals surface area contributed by atoms with Crippen LogP contribution in [-0.2, 0) is 9.59 Å². The minimum absolute atomic E-state index is 0.139. The summed E-state index contributed by atoms with van der Waals surface area (Å²) in [5.41, 5.74) is 0.520. The number of amides is 2. The van der Waals surface area contributed by atoms with Gasteiger partial charge < -0.3 is 15.4 Å². The predicted octanol–water partition coefficient (Wildman–Crippen LogP) is 2.75. The Hall–Kier alpha value is -2.41. The van der Waals surface area contributed by atoms with Gasteiger partial charge >= 0.3 is 0 Å². The summed E-state index contributed by atoms with van der Waals surface area (Å²) in [7, 11) is 0. The molecule has 0 aliphatic heterocycles. The lowest BCUT2D eigenvalue weighted by Crippen LogP contribution is -2.29. The second kappa shape index (κ2) is 8.28. The summed E-state index contributed by atoms with van der Waals surface area (Å²) in [4.78, 5) is 28.7. The minimum Gasteiger partial charge on any atom is -0.476 e. The monoisotopic (exact) mass is 333 g/mol. The van der Waals surface area contributed by atoms with E-state index in [0.29, 0.717) is 18.2 Å². The van der Waals surface area contributed by atoms with Crippen LogP contribution in [0.5, 0.6) is 5.88 Å². The van der Waals surface area contributed by atoms with Crippen molar-refractivity contribution in [1.82, 2.24) is 10.3 Å². The third kappa shape index (κ3) is 5.07. The summed E-state index contributed by atoms with van der Waals surface area (Å²) in [5, 5.41) is 7.50. The molecule has 0 radical (unpaired) electrons. The van der Waals surface area contributed by atoms with E-state index in [4.69, 9.17) is 4.74 Å². The number of thiophene rings is 1. The molecular formula is C16H19N3O3S. The maximum absolute atomic E-state index is 12.3. The average Bonchev–Trinajstić information content (AvgIpc) is 3.02. The SMILES string of the molecule is CCOc1ncccc1NC(=O)C[C@@H](NC(C)=O)c1cccs1. The molecule has 23 heavy (non-hydrogen) atoms. The fourth-order valence-corrected chi connectivity index (χ4v) is 2.86. The Bertz CT molecular complexity index is 658. The maximum Gasteiger partial charge on any atom is 0.237 e. The van der Waals surface area contributed by atoms with Crippen LogP contribution in [-0.4, -0.2) is 23.4 Å². The molecular weight excluding hydrogens is 314 g/mol. The summed E-state index contributed by atoms with van der Waals surface area (Å²) in [6, 6.07) is 6.90. The number of aromatic nitrogens is 1. The molecule has 0 aromatic carbocycles. The van der Waals surface area contributed by atoms with E-state index >= 15 is 0 Å². The number of ether oxygens (including phenoxy) is 1. The molecule has 7 heteroatoms. The highest BCUT2D eigenvalue weighted by atomic mass is 32.1. The zero-order valence-corrected chi connectivity index (χ0v) is 13.9. The Balaban J connectivity index is 2.06. The van der Waals surface area contributed by atoms with E-state index in [2.05, 4.69) is 15.6 Å². The Kier molecular flexibility index (Phi) is 6.10. The smallest absolute Gasteiger partial charge is 0.237 e. The summed E-state index contributed by atoms with van der Waals surface area (Å²) in [6.45, 7) is 3.75. The van der Waals surface area contributed by atoms with Crippen LogP contribution in [0.2, 0.25) is 0 Å². The summed E-state index contributed by atoms with van der Waals surface area (Å²) in [5.74, 6) is -0.00534. The lowest BCUT2D eigenvalue weighted by molar-refractivity contribution is -0.120. The number of nitrogens with one attached hydrogen (secondary N) is 2. The van der Waals surface area contributed by atoms with Gasteiger partial charge in [-0.15, -0.1) is 11.3 Å². The Morgan fingerprint density at radius 2 is 2.17 bits per heavy atom. The van der Waals surface area contributed by atoms with Gasteiger partial charge in [0.2, 0.25) is 17.7 Å². The summed E-state index contributed by atoms with van der Waals surface area (Å²) in [6.07, 6.45) is 1.74. The molecule has 2 N–H and O–H groups in total. The zero-order chi connectivity index (χ0) is 16.7. The number of carbonyl (C=O) groups excluding carboxylic acids is 2. The van der Waals surface area contributed by atoms with Crippen LogP contribution in [0.25, 0.3) is 0 Å². The first-order chi connectivity index (χ1) is 11.1. The number of hydrogen-bond donors (Lipinski definition) is 2. The predicted molar refractivity (Wildman–Crippen MR) is 89.5 cm³/mol. The van der Waals surface area contributed by atoms with Crippen molar-refractivity contribution in [3.63, 3.8) is 0 Å². The van der Waals surface area contributed by atoms with E-state index in [1.165, 1.54) is 18.3 Å². The average molecular weight is 333 g/mol. The number of hydrogen-bond acceptors (Lipinski definition) is 5. The molecule has 2 rings (SSSR count). The summed E-state index contributed by atoms with van der Waals surface area (Å²) < 4.78 is 5.39. The van der Waals surface area contributed by atoms with Crippen molar-refractivity contribution in [3.8, 4) is 5.88 Å². The van der Waals surface area contributed by atoms with Crippen molar-refractivity contribution < 1.29 is 14.3 Å². The lowest BCUT2D eigenvalue weighted by atomic mass is 10.1. The van der Waals surface area contributed by atoms with Gasteiger partial charge in [-0.3, -0.25) is 9.59 Å². The second-order valence-corrected chi connectivity index (χ2v) is 5.79. The molecule has 2 aromatic rings. The fraction of sp³-hybridized carbons (Fsp3) is 0.312. The van der Waals surface area contributed by atoms with Crippen molar-refractivity contribution in [2.24, 2.45) is 0 Å². The minimum atomic E-state index is -0.347. The van der Waals surface area contributed by atoms with Crippen LogP contribution in [0.15, 0.2) is 35.8 Å². The molecule has 0 saturated heterocycles. The molecule has 2 aromatic heterocycles. The third-order valence-corrected chi connectivity index (χ3v) is 3.97. The highest BCUT2D eigenvalue weighted by Gasteiger charge is 2.19. The molecule has 0 aliphatic rings. The first kappa shape index (κ1) is 17.0. The van der Waals surface area contributed by atoms with Crippen LogP contribution >= 0.6 is 11.3 Å².